The fourth-order valence-electron chi connectivity index (χ4n) is 4.53. The second-order valence-corrected chi connectivity index (χ2v) is 7.99. The number of nitrogens with one attached hydrogen (secondary N) is 3. The van der Waals surface area contributed by atoms with Crippen LogP contribution in [0, 0.1) is 11.2 Å². The van der Waals surface area contributed by atoms with Gasteiger partial charge in [0.15, 0.2) is 5.82 Å². The zero-order valence-corrected chi connectivity index (χ0v) is 17.9. The topological polar surface area (TPSA) is 97.2 Å². The van der Waals surface area contributed by atoms with Crippen molar-refractivity contribution in [1.29, 1.82) is 5.41 Å². The first kappa shape index (κ1) is 21.0. The molecule has 2 aliphatic rings. The van der Waals surface area contributed by atoms with Crippen LogP contribution < -0.4 is 20.4 Å². The minimum absolute atomic E-state index is 0.201. The van der Waals surface area contributed by atoms with Crippen LogP contribution in [-0.4, -0.2) is 47.9 Å². The molecule has 1 unspecified atom stereocenters. The Kier molecular flexibility index (Phi) is 6.01. The van der Waals surface area contributed by atoms with Crippen LogP contribution in [0.25, 0.3) is 0 Å². The Hall–Kier alpha value is -3.23. The molecule has 3 N–H and O–H groups in total. The molecule has 1 aromatic carbocycles. The van der Waals surface area contributed by atoms with Crippen molar-refractivity contribution < 1.29 is 9.18 Å². The molecular formula is C22H28FN7O. The van der Waals surface area contributed by atoms with E-state index in [9.17, 15) is 9.18 Å². The molecule has 0 bridgehead atoms. The van der Waals surface area contributed by atoms with Crippen LogP contribution in [0.5, 0.6) is 0 Å². The zero-order valence-electron chi connectivity index (χ0n) is 17.9. The molecule has 31 heavy (non-hydrogen) atoms. The normalized spacial score (nSPS) is 18.6. The fourth-order valence-corrected chi connectivity index (χ4v) is 4.53. The molecule has 1 aliphatic carbocycles. The largest absolute Gasteiger partial charge is 0.355 e. The lowest BCUT2D eigenvalue weighted by Gasteiger charge is -2.44. The Morgan fingerprint density at radius 2 is 2.13 bits per heavy atom. The predicted molar refractivity (Wildman–Crippen MR) is 120 cm³/mol. The van der Waals surface area contributed by atoms with Gasteiger partial charge in [0.1, 0.15) is 11.5 Å². The highest BCUT2D eigenvalue weighted by Crippen LogP contribution is 2.39. The first-order valence-corrected chi connectivity index (χ1v) is 10.8. The summed E-state index contributed by atoms with van der Waals surface area (Å²) in [6.45, 7) is 2.89. The van der Waals surface area contributed by atoms with Crippen LogP contribution in [0.1, 0.15) is 49.4 Å². The average Bonchev–Trinajstić information content (AvgIpc) is 3.32. The summed E-state index contributed by atoms with van der Waals surface area (Å²) in [6.07, 6.45) is 8.64. The Bertz CT molecular complexity index is 976. The zero-order chi connectivity index (χ0) is 22.0. The van der Waals surface area contributed by atoms with E-state index in [1.165, 1.54) is 38.4 Å². The highest BCUT2D eigenvalue weighted by Gasteiger charge is 2.36. The summed E-state index contributed by atoms with van der Waals surface area (Å²) in [4.78, 5) is 25.1. The fraction of sp³-hybridized carbons (Fsp3) is 0.455. The monoisotopic (exact) mass is 425 g/mol. The van der Waals surface area contributed by atoms with E-state index in [0.717, 1.165) is 37.3 Å². The number of carbonyl (C=O) groups excluding carboxylic acids is 1. The molecule has 1 atom stereocenters. The van der Waals surface area contributed by atoms with Crippen LogP contribution in [0.4, 0.5) is 27.5 Å². The van der Waals surface area contributed by atoms with Crippen molar-refractivity contribution in [2.75, 3.05) is 28.7 Å². The van der Waals surface area contributed by atoms with E-state index in [1.807, 2.05) is 4.90 Å². The molecule has 9 heteroatoms. The number of rotatable bonds is 6. The van der Waals surface area contributed by atoms with E-state index in [0.29, 0.717) is 6.04 Å². The summed E-state index contributed by atoms with van der Waals surface area (Å²) in [5.41, 5.74) is 1.25. The van der Waals surface area contributed by atoms with Gasteiger partial charge in [-0.15, -0.1) is 0 Å². The predicted octanol–water partition coefficient (Wildman–Crippen LogP) is 3.67. The SMILES string of the molecule is CCC1CN(C=N)c2cnc(Nc3ccc(C(=O)NC)cc3F)nc2N1C1CCCC1. The number of hydrogen-bond acceptors (Lipinski definition) is 6. The van der Waals surface area contributed by atoms with E-state index < -0.39 is 5.82 Å². The maximum Gasteiger partial charge on any atom is 0.251 e. The van der Waals surface area contributed by atoms with Crippen molar-refractivity contribution in [3.8, 4) is 0 Å². The Morgan fingerprint density at radius 1 is 1.35 bits per heavy atom. The van der Waals surface area contributed by atoms with Gasteiger partial charge in [-0.05, 0) is 37.5 Å². The number of benzene rings is 1. The molecule has 0 spiro atoms. The summed E-state index contributed by atoms with van der Waals surface area (Å²) in [7, 11) is 1.50. The Labute approximate surface area is 181 Å². The molecule has 1 saturated carbocycles. The molecular weight excluding hydrogens is 397 g/mol. The molecule has 1 aliphatic heterocycles. The number of fused-ring (bicyclic) bond motifs is 1. The highest BCUT2D eigenvalue weighted by atomic mass is 19.1. The van der Waals surface area contributed by atoms with E-state index in [4.69, 9.17) is 10.4 Å². The quantitative estimate of drug-likeness (QED) is 0.483. The van der Waals surface area contributed by atoms with Gasteiger partial charge in [0, 0.05) is 31.2 Å². The van der Waals surface area contributed by atoms with Gasteiger partial charge >= 0.3 is 0 Å². The third-order valence-corrected chi connectivity index (χ3v) is 6.15. The molecule has 4 rings (SSSR count). The number of hydrogen-bond donors (Lipinski definition) is 3. The van der Waals surface area contributed by atoms with Crippen molar-refractivity contribution in [3.05, 3.63) is 35.8 Å². The second kappa shape index (κ2) is 8.87. The number of amides is 1. The lowest BCUT2D eigenvalue weighted by atomic mass is 10.0. The third-order valence-electron chi connectivity index (χ3n) is 6.15. The molecule has 1 fully saturated rings. The van der Waals surface area contributed by atoms with Crippen molar-refractivity contribution >= 4 is 35.4 Å². The summed E-state index contributed by atoms with van der Waals surface area (Å²) in [5.74, 6) is 0.172. The van der Waals surface area contributed by atoms with Crippen LogP contribution in [-0.2, 0) is 0 Å². The van der Waals surface area contributed by atoms with Crippen LogP contribution in [0.2, 0.25) is 0 Å². The maximum absolute atomic E-state index is 14.6. The van der Waals surface area contributed by atoms with Crippen molar-refractivity contribution in [1.82, 2.24) is 15.3 Å². The van der Waals surface area contributed by atoms with Gasteiger partial charge in [-0.25, -0.2) is 9.37 Å². The Balaban J connectivity index is 1.68. The van der Waals surface area contributed by atoms with E-state index >= 15 is 0 Å². The van der Waals surface area contributed by atoms with Crippen molar-refractivity contribution in [2.45, 2.75) is 51.1 Å². The molecule has 164 valence electrons. The lowest BCUT2D eigenvalue weighted by Crippen LogP contribution is -2.52. The number of aromatic nitrogens is 2. The van der Waals surface area contributed by atoms with Gasteiger partial charge in [-0.1, -0.05) is 19.8 Å². The highest BCUT2D eigenvalue weighted by molar-refractivity contribution is 5.94. The molecule has 0 radical (unpaired) electrons. The molecule has 8 nitrogen and oxygen atoms in total. The summed E-state index contributed by atoms with van der Waals surface area (Å²) >= 11 is 0. The van der Waals surface area contributed by atoms with Crippen molar-refractivity contribution in [2.24, 2.45) is 0 Å². The first-order valence-electron chi connectivity index (χ1n) is 10.8. The minimum Gasteiger partial charge on any atom is -0.355 e. The summed E-state index contributed by atoms with van der Waals surface area (Å²) in [5, 5.41) is 13.3. The van der Waals surface area contributed by atoms with E-state index in [2.05, 4.69) is 27.4 Å². The number of nitrogens with zero attached hydrogens (tertiary/aromatic N) is 4. The lowest BCUT2D eigenvalue weighted by molar-refractivity contribution is 0.0962. The van der Waals surface area contributed by atoms with Gasteiger partial charge in [0.25, 0.3) is 5.91 Å². The van der Waals surface area contributed by atoms with Crippen LogP contribution in [0.15, 0.2) is 24.4 Å². The van der Waals surface area contributed by atoms with E-state index in [-0.39, 0.29) is 29.1 Å². The van der Waals surface area contributed by atoms with Crippen LogP contribution in [0.3, 0.4) is 0 Å². The smallest absolute Gasteiger partial charge is 0.251 e. The van der Waals surface area contributed by atoms with Gasteiger partial charge < -0.3 is 20.4 Å². The summed E-state index contributed by atoms with van der Waals surface area (Å²) < 4.78 is 14.6. The molecule has 1 amide bonds. The summed E-state index contributed by atoms with van der Waals surface area (Å²) in [6, 6.07) is 4.92. The van der Waals surface area contributed by atoms with Gasteiger partial charge in [0.2, 0.25) is 5.95 Å². The van der Waals surface area contributed by atoms with Crippen LogP contribution >= 0.6 is 0 Å². The number of halogens is 1. The van der Waals surface area contributed by atoms with Gasteiger partial charge in [-0.2, -0.15) is 4.98 Å². The first-order chi connectivity index (χ1) is 15.0. The molecule has 1 aromatic heterocycles. The van der Waals surface area contributed by atoms with Gasteiger partial charge in [0.05, 0.1) is 18.2 Å². The molecule has 2 heterocycles. The van der Waals surface area contributed by atoms with Gasteiger partial charge in [-0.3, -0.25) is 10.2 Å². The molecule has 2 aromatic rings. The molecule has 0 saturated heterocycles. The van der Waals surface area contributed by atoms with Crippen molar-refractivity contribution in [3.63, 3.8) is 0 Å². The average molecular weight is 426 g/mol. The Morgan fingerprint density at radius 3 is 2.77 bits per heavy atom. The second-order valence-electron chi connectivity index (χ2n) is 7.99. The third kappa shape index (κ3) is 4.04. The number of carbonyl (C=O) groups is 1. The van der Waals surface area contributed by atoms with E-state index in [1.54, 1.807) is 12.3 Å². The minimum atomic E-state index is -0.553. The standard InChI is InChI=1S/C22H28FN7O/c1-3-15-12-29(13-24)19-11-26-22(28-20(19)30(15)16-6-4-5-7-16)27-18-9-8-14(10-17(18)23)21(31)25-2/h8-11,13,15-16,24H,3-7,12H2,1-2H3,(H,25,31)(H,26,27,28). The maximum atomic E-state index is 14.6. The number of anilines is 4.